The van der Waals surface area contributed by atoms with E-state index in [9.17, 15) is 0 Å². The Hall–Kier alpha value is 0. The number of rotatable bonds is 4. The monoisotopic (exact) mass is 428 g/mol. The molecular formula is C31H56. The molecule has 0 aliphatic heterocycles. The molecule has 12 unspecified atom stereocenters. The van der Waals surface area contributed by atoms with E-state index in [0.29, 0.717) is 0 Å². The summed E-state index contributed by atoms with van der Waals surface area (Å²) in [6.07, 6.45) is 4.38. The van der Waals surface area contributed by atoms with Gasteiger partial charge in [0.2, 0.25) is 0 Å². The summed E-state index contributed by atoms with van der Waals surface area (Å²) in [6.45, 7) is 28.8. The zero-order valence-electron chi connectivity index (χ0n) is 22.9. The molecule has 0 spiro atoms. The second-order valence-electron chi connectivity index (χ2n) is 14.0. The van der Waals surface area contributed by atoms with E-state index in [1.807, 2.05) is 0 Å². The van der Waals surface area contributed by atoms with Crippen molar-refractivity contribution in [2.75, 3.05) is 0 Å². The number of hydrogen-bond acceptors (Lipinski definition) is 0. The van der Waals surface area contributed by atoms with Crippen molar-refractivity contribution in [3.8, 4) is 0 Å². The van der Waals surface area contributed by atoms with Gasteiger partial charge in [-0.15, -0.1) is 0 Å². The van der Waals surface area contributed by atoms with Crippen LogP contribution in [0.25, 0.3) is 0 Å². The van der Waals surface area contributed by atoms with E-state index < -0.39 is 0 Å². The van der Waals surface area contributed by atoms with Crippen LogP contribution in [0, 0.1) is 101 Å². The lowest BCUT2D eigenvalue weighted by Gasteiger charge is -2.71. The molecule has 4 fully saturated rings. The van der Waals surface area contributed by atoms with E-state index in [4.69, 9.17) is 0 Å². The molecule has 0 bridgehead atoms. The van der Waals surface area contributed by atoms with Crippen molar-refractivity contribution in [2.45, 2.75) is 95.4 Å². The van der Waals surface area contributed by atoms with Crippen molar-refractivity contribution in [3.63, 3.8) is 0 Å². The van der Waals surface area contributed by atoms with Gasteiger partial charge in [-0.2, -0.15) is 0 Å². The fourth-order valence-corrected chi connectivity index (χ4v) is 11.7. The Bertz CT molecular complexity index is 568. The SMILES string of the molecule is CCC1CC(CC)C2C(C)C(C)C3C(C(C)C)C(C)C(C(C)C)C4C(C)C(C)C1C2C43. The molecule has 0 nitrogen and oxygen atoms in total. The smallest absolute Gasteiger partial charge is 0.0312 e. The zero-order chi connectivity index (χ0) is 22.9. The van der Waals surface area contributed by atoms with E-state index in [-0.39, 0.29) is 0 Å². The molecular weight excluding hydrogens is 372 g/mol. The summed E-state index contributed by atoms with van der Waals surface area (Å²) in [5.74, 6) is 16.0. The molecule has 4 rings (SSSR count). The molecule has 0 aromatic carbocycles. The van der Waals surface area contributed by atoms with Gasteiger partial charge in [0.25, 0.3) is 0 Å². The average Bonchev–Trinajstić information content (AvgIpc) is 2.72. The van der Waals surface area contributed by atoms with E-state index in [1.165, 1.54) is 19.3 Å². The lowest BCUT2D eigenvalue weighted by molar-refractivity contribution is -0.240. The second kappa shape index (κ2) is 8.65. The first-order valence-electron chi connectivity index (χ1n) is 14.6. The summed E-state index contributed by atoms with van der Waals surface area (Å²) in [6, 6.07) is 0. The highest BCUT2D eigenvalue weighted by Gasteiger charge is 2.66. The van der Waals surface area contributed by atoms with Crippen molar-refractivity contribution in [3.05, 3.63) is 0 Å². The molecule has 4 aliphatic carbocycles. The molecule has 0 aromatic rings. The van der Waals surface area contributed by atoms with Crippen LogP contribution in [0.4, 0.5) is 0 Å². The van der Waals surface area contributed by atoms with Gasteiger partial charge in [0.1, 0.15) is 0 Å². The van der Waals surface area contributed by atoms with Gasteiger partial charge < -0.3 is 0 Å². The van der Waals surface area contributed by atoms with Gasteiger partial charge in [-0.25, -0.2) is 0 Å². The topological polar surface area (TPSA) is 0 Å². The van der Waals surface area contributed by atoms with Gasteiger partial charge in [-0.3, -0.25) is 0 Å². The van der Waals surface area contributed by atoms with Crippen LogP contribution in [-0.2, 0) is 0 Å². The maximum absolute atomic E-state index is 2.71. The summed E-state index contributed by atoms with van der Waals surface area (Å²) < 4.78 is 0. The second-order valence-corrected chi connectivity index (χ2v) is 14.0. The summed E-state index contributed by atoms with van der Waals surface area (Å²) >= 11 is 0. The van der Waals surface area contributed by atoms with Crippen LogP contribution in [-0.4, -0.2) is 0 Å². The van der Waals surface area contributed by atoms with Crippen molar-refractivity contribution in [2.24, 2.45) is 101 Å². The first-order valence-corrected chi connectivity index (χ1v) is 14.6. The van der Waals surface area contributed by atoms with Gasteiger partial charge in [0.15, 0.2) is 0 Å². The van der Waals surface area contributed by atoms with Crippen LogP contribution >= 0.6 is 0 Å². The summed E-state index contributed by atoms with van der Waals surface area (Å²) in [4.78, 5) is 0. The van der Waals surface area contributed by atoms with Crippen LogP contribution in [0.1, 0.15) is 95.4 Å². The Labute approximate surface area is 196 Å². The Balaban J connectivity index is 1.91. The van der Waals surface area contributed by atoms with Crippen LogP contribution in [0.5, 0.6) is 0 Å². The Kier molecular flexibility index (Phi) is 6.74. The molecule has 4 aliphatic rings. The van der Waals surface area contributed by atoms with Crippen LogP contribution in [0.3, 0.4) is 0 Å². The lowest BCUT2D eigenvalue weighted by atomic mass is 9.33. The third kappa shape index (κ3) is 3.33. The zero-order valence-corrected chi connectivity index (χ0v) is 22.9. The van der Waals surface area contributed by atoms with Gasteiger partial charge >= 0.3 is 0 Å². The molecule has 0 saturated heterocycles. The normalized spacial score (nSPS) is 56.6. The van der Waals surface area contributed by atoms with Gasteiger partial charge in [-0.1, -0.05) is 89.0 Å². The minimum absolute atomic E-state index is 0.828. The molecule has 0 heterocycles. The van der Waals surface area contributed by atoms with Crippen molar-refractivity contribution in [1.29, 1.82) is 0 Å². The van der Waals surface area contributed by atoms with E-state index in [1.54, 1.807) is 0 Å². The molecule has 12 atom stereocenters. The highest BCUT2D eigenvalue weighted by molar-refractivity contribution is 5.14. The van der Waals surface area contributed by atoms with Crippen molar-refractivity contribution in [1.82, 2.24) is 0 Å². The first-order chi connectivity index (χ1) is 14.6. The minimum Gasteiger partial charge on any atom is -0.0651 e. The third-order valence-electron chi connectivity index (χ3n) is 12.7. The fourth-order valence-electron chi connectivity index (χ4n) is 11.7. The number of hydrogen-bond donors (Lipinski definition) is 0. The standard InChI is InChI=1S/C31H56/c1-12-22-14-23(13-2)27-18(8)20(10)29-25(16(5)6)21(11)24(15(3)4)28-19(9)17(7)26(22)30(27)31(28)29/h15-31H,12-14H2,1-11H3. The van der Waals surface area contributed by atoms with Gasteiger partial charge in [0, 0.05) is 0 Å². The van der Waals surface area contributed by atoms with Crippen molar-refractivity contribution >= 4 is 0 Å². The summed E-state index contributed by atoms with van der Waals surface area (Å²) in [5.41, 5.74) is 0. The molecule has 0 aromatic heterocycles. The Morgan fingerprint density at radius 1 is 0.484 bits per heavy atom. The fraction of sp³-hybridized carbons (Fsp3) is 1.00. The molecule has 0 amide bonds. The van der Waals surface area contributed by atoms with Crippen LogP contribution in [0.15, 0.2) is 0 Å². The molecule has 4 saturated carbocycles. The predicted octanol–water partition coefficient (Wildman–Crippen LogP) is 8.91. The average molecular weight is 429 g/mol. The summed E-state index contributed by atoms with van der Waals surface area (Å²) in [7, 11) is 0. The maximum atomic E-state index is 2.71. The third-order valence-corrected chi connectivity index (χ3v) is 12.7. The maximum Gasteiger partial charge on any atom is -0.0312 e. The summed E-state index contributed by atoms with van der Waals surface area (Å²) in [5, 5.41) is 0. The molecule has 180 valence electrons. The van der Waals surface area contributed by atoms with E-state index >= 15 is 0 Å². The highest BCUT2D eigenvalue weighted by Crippen LogP contribution is 2.71. The highest BCUT2D eigenvalue weighted by atomic mass is 14.7. The molecule has 31 heavy (non-hydrogen) atoms. The van der Waals surface area contributed by atoms with Crippen LogP contribution < -0.4 is 0 Å². The van der Waals surface area contributed by atoms with Crippen molar-refractivity contribution < 1.29 is 0 Å². The predicted molar refractivity (Wildman–Crippen MR) is 136 cm³/mol. The molecule has 0 N–H and O–H groups in total. The lowest BCUT2D eigenvalue weighted by Crippen LogP contribution is -2.67. The largest absolute Gasteiger partial charge is 0.0651 e. The van der Waals surface area contributed by atoms with Gasteiger partial charge in [-0.05, 0) is 107 Å². The van der Waals surface area contributed by atoms with Gasteiger partial charge in [0.05, 0.1) is 0 Å². The minimum atomic E-state index is 0.828. The molecule has 0 heteroatoms. The Morgan fingerprint density at radius 3 is 1.13 bits per heavy atom. The Morgan fingerprint density at radius 2 is 0.806 bits per heavy atom. The quantitative estimate of drug-likeness (QED) is 0.419. The molecule has 0 radical (unpaired) electrons. The van der Waals surface area contributed by atoms with Crippen LogP contribution in [0.2, 0.25) is 0 Å². The van der Waals surface area contributed by atoms with E-state index in [2.05, 4.69) is 76.2 Å². The van der Waals surface area contributed by atoms with E-state index in [0.717, 1.165) is 101 Å². The first kappa shape index (κ1) is 24.1.